The minimum Gasteiger partial charge on any atom is -0.492 e. The summed E-state index contributed by atoms with van der Waals surface area (Å²) in [5, 5.41) is 3.71. The van der Waals surface area contributed by atoms with Crippen molar-refractivity contribution in [3.8, 4) is 16.9 Å². The second-order valence-electron chi connectivity index (χ2n) is 8.70. The van der Waals surface area contributed by atoms with Crippen molar-refractivity contribution in [3.05, 3.63) is 53.2 Å². The van der Waals surface area contributed by atoms with Crippen LogP contribution in [-0.4, -0.2) is 44.0 Å². The minimum atomic E-state index is -4.70. The fourth-order valence-corrected chi connectivity index (χ4v) is 4.11. The second-order valence-corrected chi connectivity index (χ2v) is 8.70. The van der Waals surface area contributed by atoms with Crippen molar-refractivity contribution in [3.63, 3.8) is 0 Å². The average molecular weight is 520 g/mol. The first kappa shape index (κ1) is 26.2. The number of hydrogen-bond donors (Lipinski definition) is 0. The topological polar surface area (TPSA) is 92.6 Å². The molecular formula is C25H28F3N5O4. The van der Waals surface area contributed by atoms with Crippen LogP contribution < -0.4 is 10.4 Å². The Hall–Kier alpha value is -3.83. The number of imidazole rings is 1. The van der Waals surface area contributed by atoms with E-state index >= 15 is 0 Å². The lowest BCUT2D eigenvalue weighted by Gasteiger charge is -2.21. The Kier molecular flexibility index (Phi) is 7.55. The molecule has 198 valence electrons. The van der Waals surface area contributed by atoms with Gasteiger partial charge in [-0.3, -0.25) is 9.48 Å². The summed E-state index contributed by atoms with van der Waals surface area (Å²) in [4.78, 5) is 29.0. The summed E-state index contributed by atoms with van der Waals surface area (Å²) < 4.78 is 57.0. The lowest BCUT2D eigenvalue weighted by molar-refractivity contribution is -0.141. The molecule has 1 aliphatic rings. The third kappa shape index (κ3) is 5.62. The summed E-state index contributed by atoms with van der Waals surface area (Å²) in [7, 11) is 1.71. The molecule has 0 radical (unpaired) electrons. The third-order valence-corrected chi connectivity index (χ3v) is 5.98. The predicted octanol–water partition coefficient (Wildman–Crippen LogP) is 4.58. The van der Waals surface area contributed by atoms with Crippen LogP contribution in [0, 0.1) is 0 Å². The molecule has 9 nitrogen and oxygen atoms in total. The van der Waals surface area contributed by atoms with Crippen LogP contribution >= 0.6 is 0 Å². The highest BCUT2D eigenvalue weighted by molar-refractivity contribution is 6.02. The smallest absolute Gasteiger partial charge is 0.436 e. The molecule has 4 rings (SSSR count). The van der Waals surface area contributed by atoms with Gasteiger partial charge in [0.2, 0.25) is 5.62 Å². The molecule has 0 aliphatic carbocycles. The first-order valence-electron chi connectivity index (χ1n) is 12.0. The molecule has 0 saturated heterocycles. The summed E-state index contributed by atoms with van der Waals surface area (Å²) in [5.74, 6) is -0.105. The molecule has 3 aromatic rings. The van der Waals surface area contributed by atoms with Gasteiger partial charge in [-0.15, -0.1) is 4.99 Å². The van der Waals surface area contributed by atoms with Gasteiger partial charge in [0.05, 0.1) is 25.3 Å². The molecule has 0 bridgehead atoms. The van der Waals surface area contributed by atoms with E-state index in [0.717, 1.165) is 12.8 Å². The molecule has 12 heteroatoms. The van der Waals surface area contributed by atoms with E-state index in [-0.39, 0.29) is 66.6 Å². The van der Waals surface area contributed by atoms with Crippen LogP contribution in [0.1, 0.15) is 54.7 Å². The van der Waals surface area contributed by atoms with Crippen LogP contribution in [-0.2, 0) is 31.1 Å². The van der Waals surface area contributed by atoms with Crippen LogP contribution in [0.4, 0.5) is 18.0 Å². The van der Waals surface area contributed by atoms with Crippen LogP contribution in [0.5, 0.6) is 5.75 Å². The fraction of sp³-hybridized carbons (Fsp3) is 0.440. The second kappa shape index (κ2) is 10.7. The molecular weight excluding hydrogens is 491 g/mol. The lowest BCUT2D eigenvalue weighted by Crippen LogP contribution is -2.26. The zero-order valence-corrected chi connectivity index (χ0v) is 20.8. The highest BCUT2D eigenvalue weighted by atomic mass is 19.4. The number of hydrogen-bond acceptors (Lipinski definition) is 5. The van der Waals surface area contributed by atoms with Gasteiger partial charge in [0.15, 0.2) is 11.5 Å². The van der Waals surface area contributed by atoms with Crippen LogP contribution in [0.15, 0.2) is 35.7 Å². The Labute approximate surface area is 211 Å². The number of alkyl halides is 3. The van der Waals surface area contributed by atoms with Gasteiger partial charge in [-0.1, -0.05) is 13.3 Å². The highest BCUT2D eigenvalue weighted by Crippen LogP contribution is 2.43. The molecule has 0 spiro atoms. The summed E-state index contributed by atoms with van der Waals surface area (Å²) in [5.41, 5.74) is -0.0281. The Balaban J connectivity index is 1.80. The number of ketones is 1. The molecule has 0 unspecified atom stereocenters. The van der Waals surface area contributed by atoms with Gasteiger partial charge >= 0.3 is 12.3 Å². The molecule has 1 aromatic carbocycles. The zero-order valence-electron chi connectivity index (χ0n) is 20.8. The van der Waals surface area contributed by atoms with Gasteiger partial charge < -0.3 is 18.6 Å². The number of ether oxygens (including phenoxy) is 2. The number of aromatic nitrogens is 4. The molecule has 1 amide bonds. The number of aryl methyl sites for hydroxylation is 2. The van der Waals surface area contributed by atoms with Crippen molar-refractivity contribution in [1.82, 2.24) is 18.9 Å². The van der Waals surface area contributed by atoms with Crippen LogP contribution in [0.3, 0.4) is 0 Å². The number of unbranched alkanes of at least 4 members (excludes halogenated alkanes) is 1. The van der Waals surface area contributed by atoms with Gasteiger partial charge in [0.25, 0.3) is 0 Å². The first-order chi connectivity index (χ1) is 17.6. The molecule has 0 fully saturated rings. The number of fused-ring (bicyclic) bond motifs is 1. The Morgan fingerprint density at radius 2 is 1.95 bits per heavy atom. The number of halogens is 3. The van der Waals surface area contributed by atoms with Crippen LogP contribution in [0.2, 0.25) is 0 Å². The van der Waals surface area contributed by atoms with Gasteiger partial charge in [-0.2, -0.15) is 18.3 Å². The number of carbonyl (C=O) groups is 2. The predicted molar refractivity (Wildman–Crippen MR) is 127 cm³/mol. The van der Waals surface area contributed by atoms with Gasteiger partial charge in [-0.05, 0) is 31.0 Å². The molecule has 1 aliphatic heterocycles. The Morgan fingerprint density at radius 1 is 1.19 bits per heavy atom. The zero-order chi connectivity index (χ0) is 26.7. The Bertz CT molecular complexity index is 1380. The molecule has 37 heavy (non-hydrogen) atoms. The summed E-state index contributed by atoms with van der Waals surface area (Å²) in [6, 6.07) is 3.17. The van der Waals surface area contributed by atoms with E-state index in [0.29, 0.717) is 5.56 Å². The van der Waals surface area contributed by atoms with E-state index in [4.69, 9.17) is 9.47 Å². The summed E-state index contributed by atoms with van der Waals surface area (Å²) in [6.45, 7) is 4.38. The van der Waals surface area contributed by atoms with Crippen LogP contribution in [0.25, 0.3) is 11.1 Å². The van der Waals surface area contributed by atoms with Crippen molar-refractivity contribution in [2.24, 2.45) is 12.0 Å². The quantitative estimate of drug-likeness (QED) is 0.426. The maximum atomic E-state index is 13.9. The van der Waals surface area contributed by atoms with Crippen molar-refractivity contribution in [1.29, 1.82) is 0 Å². The van der Waals surface area contributed by atoms with Crippen molar-refractivity contribution in [2.45, 2.75) is 52.4 Å². The monoisotopic (exact) mass is 519 g/mol. The maximum Gasteiger partial charge on any atom is 0.436 e. The fourth-order valence-electron chi connectivity index (χ4n) is 4.11. The van der Waals surface area contributed by atoms with Gasteiger partial charge in [-0.25, -0.2) is 4.79 Å². The lowest BCUT2D eigenvalue weighted by atomic mass is 9.94. The molecule has 0 saturated carbocycles. The van der Waals surface area contributed by atoms with E-state index in [1.807, 2.05) is 6.92 Å². The van der Waals surface area contributed by atoms with E-state index in [1.165, 1.54) is 10.9 Å². The summed E-state index contributed by atoms with van der Waals surface area (Å²) in [6.07, 6.45) is 0.970. The molecule has 2 aromatic heterocycles. The van der Waals surface area contributed by atoms with Crippen molar-refractivity contribution in [2.75, 3.05) is 13.2 Å². The summed E-state index contributed by atoms with van der Waals surface area (Å²) >= 11 is 0. The largest absolute Gasteiger partial charge is 0.492 e. The number of rotatable bonds is 7. The van der Waals surface area contributed by atoms with E-state index in [2.05, 4.69) is 10.1 Å². The van der Waals surface area contributed by atoms with Gasteiger partial charge in [0.1, 0.15) is 5.75 Å². The number of nitrogens with zero attached hydrogens (tertiary/aromatic N) is 5. The van der Waals surface area contributed by atoms with Gasteiger partial charge in [0, 0.05) is 49.7 Å². The highest BCUT2D eigenvalue weighted by Gasteiger charge is 2.39. The molecule has 3 heterocycles. The van der Waals surface area contributed by atoms with E-state index in [1.54, 1.807) is 47.6 Å². The SMILES string of the molecule is CCCCOC(=O)/N=c1/n(C)ccn1Cc1cc2c(c(-c3cn(CC)nc3C(F)(F)F)c1)OCCC2=O. The first-order valence-corrected chi connectivity index (χ1v) is 12.0. The van der Waals surface area contributed by atoms with Crippen molar-refractivity contribution < 1.29 is 32.2 Å². The van der Waals surface area contributed by atoms with Crippen molar-refractivity contribution >= 4 is 11.9 Å². The minimum absolute atomic E-state index is 0.0814. The number of benzene rings is 1. The third-order valence-electron chi connectivity index (χ3n) is 5.98. The van der Waals surface area contributed by atoms with E-state index < -0.39 is 18.0 Å². The average Bonchev–Trinajstić information content (AvgIpc) is 3.44. The van der Waals surface area contributed by atoms with E-state index in [9.17, 15) is 22.8 Å². The number of amides is 1. The molecule has 0 atom stereocenters. The number of carbonyl (C=O) groups excluding carboxylic acids is 2. The Morgan fingerprint density at radius 3 is 2.65 bits per heavy atom. The number of Topliss-reactive ketones (excluding diaryl/α,β-unsaturated/α-hetero) is 1. The molecule has 0 N–H and O–H groups in total. The normalized spacial score (nSPS) is 14.0. The maximum absolute atomic E-state index is 13.9. The standard InChI is InChI=1S/C25H28F3N5O4/c1-4-6-10-37-24(35)29-23-31(3)8-9-32(23)14-16-12-17(21-18(13-16)20(34)7-11-36-21)19-15-33(5-2)30-22(19)25(26,27)28/h8-9,12-13,15H,4-7,10-11,14H2,1-3H3/b29-23-.